The molecular formula is C13H17FO. The first kappa shape index (κ1) is 10.5. The van der Waals surface area contributed by atoms with Crippen LogP contribution in [-0.2, 0) is 6.42 Å². The third-order valence-corrected chi connectivity index (χ3v) is 3.48. The molecule has 1 aliphatic rings. The van der Waals surface area contributed by atoms with E-state index in [2.05, 4.69) is 27.7 Å². The van der Waals surface area contributed by atoms with E-state index in [1.54, 1.807) is 0 Å². The molecule has 0 fully saturated rings. The van der Waals surface area contributed by atoms with E-state index in [1.165, 1.54) is 12.1 Å². The molecule has 15 heavy (non-hydrogen) atoms. The molecule has 82 valence electrons. The standard InChI is InChI=1S/C13H17FO/c1-12(2,3)13(4)8-9-5-6-10(14)7-11(9)15-13/h5-7H,8H2,1-4H3. The Morgan fingerprint density at radius 3 is 2.60 bits per heavy atom. The van der Waals surface area contributed by atoms with Crippen LogP contribution in [0.5, 0.6) is 5.75 Å². The van der Waals surface area contributed by atoms with Crippen LogP contribution in [0.1, 0.15) is 33.3 Å². The van der Waals surface area contributed by atoms with Gasteiger partial charge in [0.15, 0.2) is 0 Å². The molecule has 0 radical (unpaired) electrons. The Morgan fingerprint density at radius 1 is 1.33 bits per heavy atom. The molecular weight excluding hydrogens is 191 g/mol. The monoisotopic (exact) mass is 208 g/mol. The van der Waals surface area contributed by atoms with Gasteiger partial charge in [0.25, 0.3) is 0 Å². The third kappa shape index (κ3) is 1.62. The highest BCUT2D eigenvalue weighted by Gasteiger charge is 2.44. The second-order valence-electron chi connectivity index (χ2n) is 5.51. The summed E-state index contributed by atoms with van der Waals surface area (Å²) in [6.45, 7) is 8.53. The molecule has 0 spiro atoms. The normalized spacial score (nSPS) is 24.9. The van der Waals surface area contributed by atoms with Crippen molar-refractivity contribution in [2.75, 3.05) is 0 Å². The molecule has 2 heteroatoms. The first-order valence-electron chi connectivity index (χ1n) is 5.29. The van der Waals surface area contributed by atoms with E-state index in [1.807, 2.05) is 6.07 Å². The van der Waals surface area contributed by atoms with Crippen LogP contribution < -0.4 is 4.74 Å². The fraction of sp³-hybridized carbons (Fsp3) is 0.538. The molecule has 1 atom stereocenters. The zero-order chi connectivity index (χ0) is 11.3. The molecule has 1 unspecified atom stereocenters. The molecule has 0 saturated carbocycles. The minimum absolute atomic E-state index is 0.0441. The lowest BCUT2D eigenvalue weighted by molar-refractivity contribution is 0.00342. The maximum Gasteiger partial charge on any atom is 0.126 e. The molecule has 1 aromatic rings. The molecule has 1 aromatic carbocycles. The lowest BCUT2D eigenvalue weighted by atomic mass is 9.75. The second-order valence-corrected chi connectivity index (χ2v) is 5.51. The van der Waals surface area contributed by atoms with Gasteiger partial charge in [0.2, 0.25) is 0 Å². The summed E-state index contributed by atoms with van der Waals surface area (Å²) in [4.78, 5) is 0. The summed E-state index contributed by atoms with van der Waals surface area (Å²) in [5, 5.41) is 0. The fourth-order valence-corrected chi connectivity index (χ4v) is 1.83. The van der Waals surface area contributed by atoms with Gasteiger partial charge in [-0.05, 0) is 18.6 Å². The van der Waals surface area contributed by atoms with Gasteiger partial charge in [-0.25, -0.2) is 4.39 Å². The summed E-state index contributed by atoms with van der Waals surface area (Å²) in [5.74, 6) is 0.472. The smallest absolute Gasteiger partial charge is 0.126 e. The van der Waals surface area contributed by atoms with Crippen molar-refractivity contribution in [3.63, 3.8) is 0 Å². The summed E-state index contributed by atoms with van der Waals surface area (Å²) in [5.41, 5.74) is 0.917. The van der Waals surface area contributed by atoms with Gasteiger partial charge in [0.1, 0.15) is 17.2 Å². The molecule has 0 amide bonds. The number of ether oxygens (including phenoxy) is 1. The molecule has 0 saturated heterocycles. The molecule has 2 rings (SSSR count). The third-order valence-electron chi connectivity index (χ3n) is 3.48. The van der Waals surface area contributed by atoms with Gasteiger partial charge in [-0.15, -0.1) is 0 Å². The minimum Gasteiger partial charge on any atom is -0.486 e. The van der Waals surface area contributed by atoms with Crippen LogP contribution in [0.15, 0.2) is 18.2 Å². The quantitative estimate of drug-likeness (QED) is 0.633. The van der Waals surface area contributed by atoms with Crippen LogP contribution in [0.25, 0.3) is 0 Å². The lowest BCUT2D eigenvalue weighted by Gasteiger charge is -2.37. The highest BCUT2D eigenvalue weighted by atomic mass is 19.1. The van der Waals surface area contributed by atoms with Gasteiger partial charge in [-0.2, -0.15) is 0 Å². The maximum absolute atomic E-state index is 13.0. The van der Waals surface area contributed by atoms with Crippen LogP contribution in [0.2, 0.25) is 0 Å². The van der Waals surface area contributed by atoms with Crippen LogP contribution in [0, 0.1) is 11.2 Å². The topological polar surface area (TPSA) is 9.23 Å². The summed E-state index contributed by atoms with van der Waals surface area (Å²) in [7, 11) is 0. The molecule has 1 aliphatic heterocycles. The van der Waals surface area contributed by atoms with Gasteiger partial charge >= 0.3 is 0 Å². The van der Waals surface area contributed by atoms with Gasteiger partial charge in [-0.3, -0.25) is 0 Å². The summed E-state index contributed by atoms with van der Waals surface area (Å²) >= 11 is 0. The molecule has 0 aromatic heterocycles. The van der Waals surface area contributed by atoms with Crippen LogP contribution >= 0.6 is 0 Å². The Hall–Kier alpha value is -1.05. The van der Waals surface area contributed by atoms with Crippen LogP contribution in [0.4, 0.5) is 4.39 Å². The number of benzene rings is 1. The van der Waals surface area contributed by atoms with E-state index in [4.69, 9.17) is 4.74 Å². The fourth-order valence-electron chi connectivity index (χ4n) is 1.83. The van der Waals surface area contributed by atoms with Crippen LogP contribution in [0.3, 0.4) is 0 Å². The van der Waals surface area contributed by atoms with E-state index in [9.17, 15) is 4.39 Å². The van der Waals surface area contributed by atoms with Gasteiger partial charge in [0.05, 0.1) is 0 Å². The van der Waals surface area contributed by atoms with Crippen molar-refractivity contribution >= 4 is 0 Å². The molecule has 0 aliphatic carbocycles. The Morgan fingerprint density at radius 2 is 2.00 bits per heavy atom. The summed E-state index contributed by atoms with van der Waals surface area (Å²) in [6, 6.07) is 4.80. The molecule has 0 N–H and O–H groups in total. The van der Waals surface area contributed by atoms with E-state index in [-0.39, 0.29) is 16.8 Å². The number of rotatable bonds is 0. The Bertz CT molecular complexity index is 392. The van der Waals surface area contributed by atoms with E-state index in [0.29, 0.717) is 5.75 Å². The zero-order valence-electron chi connectivity index (χ0n) is 9.73. The Kier molecular flexibility index (Phi) is 2.07. The molecule has 0 bridgehead atoms. The van der Waals surface area contributed by atoms with Crippen molar-refractivity contribution in [3.05, 3.63) is 29.6 Å². The van der Waals surface area contributed by atoms with Crippen LogP contribution in [-0.4, -0.2) is 5.60 Å². The molecule has 1 nitrogen and oxygen atoms in total. The van der Waals surface area contributed by atoms with Gasteiger partial charge < -0.3 is 4.74 Å². The van der Waals surface area contributed by atoms with E-state index in [0.717, 1.165) is 12.0 Å². The maximum atomic E-state index is 13.0. The van der Waals surface area contributed by atoms with Crippen molar-refractivity contribution in [1.29, 1.82) is 0 Å². The number of halogens is 1. The van der Waals surface area contributed by atoms with Gasteiger partial charge in [0, 0.05) is 17.9 Å². The second kappa shape index (κ2) is 2.97. The summed E-state index contributed by atoms with van der Waals surface area (Å²) < 4.78 is 18.9. The first-order chi connectivity index (χ1) is 6.82. The SMILES string of the molecule is CC(C)(C)C1(C)Cc2ccc(F)cc2O1. The number of hydrogen-bond acceptors (Lipinski definition) is 1. The average Bonchev–Trinajstić information content (AvgIpc) is 2.40. The van der Waals surface area contributed by atoms with Crippen molar-refractivity contribution in [3.8, 4) is 5.75 Å². The minimum atomic E-state index is -0.233. The van der Waals surface area contributed by atoms with Crippen molar-refractivity contribution in [2.24, 2.45) is 5.41 Å². The van der Waals surface area contributed by atoms with Gasteiger partial charge in [-0.1, -0.05) is 26.8 Å². The largest absolute Gasteiger partial charge is 0.486 e. The first-order valence-corrected chi connectivity index (χ1v) is 5.29. The van der Waals surface area contributed by atoms with Crippen molar-refractivity contribution in [2.45, 2.75) is 39.7 Å². The van der Waals surface area contributed by atoms with Crippen molar-refractivity contribution < 1.29 is 9.13 Å². The average molecular weight is 208 g/mol. The highest BCUT2D eigenvalue weighted by Crippen LogP contribution is 2.44. The molecule has 1 heterocycles. The van der Waals surface area contributed by atoms with E-state index >= 15 is 0 Å². The van der Waals surface area contributed by atoms with Crippen molar-refractivity contribution in [1.82, 2.24) is 0 Å². The van der Waals surface area contributed by atoms with E-state index < -0.39 is 0 Å². The lowest BCUT2D eigenvalue weighted by Crippen LogP contribution is -2.44. The Labute approximate surface area is 90.3 Å². The predicted molar refractivity (Wildman–Crippen MR) is 58.6 cm³/mol. The summed E-state index contributed by atoms with van der Waals surface area (Å²) in [6.07, 6.45) is 0.853. The Balaban J connectivity index is 2.37. The predicted octanol–water partition coefficient (Wildman–Crippen LogP) is 3.57. The highest BCUT2D eigenvalue weighted by molar-refractivity contribution is 5.40. The number of fused-ring (bicyclic) bond motifs is 1. The zero-order valence-corrected chi connectivity index (χ0v) is 9.73. The number of hydrogen-bond donors (Lipinski definition) is 0.